The van der Waals surface area contributed by atoms with Crippen molar-refractivity contribution in [3.63, 3.8) is 0 Å². The Balaban J connectivity index is 2.03. The molecule has 2 aromatic rings. The van der Waals surface area contributed by atoms with E-state index in [0.29, 0.717) is 15.6 Å². The lowest BCUT2D eigenvalue weighted by molar-refractivity contribution is -0.116. The first-order valence-electron chi connectivity index (χ1n) is 6.16. The average Bonchev–Trinajstić information content (AvgIpc) is 2.42. The van der Waals surface area contributed by atoms with Crippen molar-refractivity contribution in [2.75, 3.05) is 5.32 Å². The van der Waals surface area contributed by atoms with Gasteiger partial charge >= 0.3 is 0 Å². The number of rotatable bonds is 4. The van der Waals surface area contributed by atoms with Crippen molar-refractivity contribution < 1.29 is 13.6 Å². The van der Waals surface area contributed by atoms with Gasteiger partial charge in [0.05, 0.1) is 0 Å². The van der Waals surface area contributed by atoms with Crippen LogP contribution in [0.1, 0.15) is 12.0 Å². The summed E-state index contributed by atoms with van der Waals surface area (Å²) in [5.41, 5.74) is 0.178. The minimum absolute atomic E-state index is 0.0111. The van der Waals surface area contributed by atoms with Gasteiger partial charge < -0.3 is 5.32 Å². The van der Waals surface area contributed by atoms with E-state index < -0.39 is 23.2 Å². The van der Waals surface area contributed by atoms with Gasteiger partial charge in [-0.25, -0.2) is 8.78 Å². The number of halogens is 4. The van der Waals surface area contributed by atoms with Crippen LogP contribution in [0.2, 0.25) is 10.0 Å². The van der Waals surface area contributed by atoms with Crippen LogP contribution in [0.4, 0.5) is 14.5 Å². The summed E-state index contributed by atoms with van der Waals surface area (Å²) in [6, 6.07) is 8.40. The van der Waals surface area contributed by atoms with Crippen LogP contribution >= 0.6 is 23.2 Å². The van der Waals surface area contributed by atoms with Gasteiger partial charge in [-0.2, -0.15) is 0 Å². The quantitative estimate of drug-likeness (QED) is 0.854. The van der Waals surface area contributed by atoms with Crippen molar-refractivity contribution >= 4 is 34.8 Å². The van der Waals surface area contributed by atoms with Gasteiger partial charge in [0.25, 0.3) is 0 Å². The highest BCUT2D eigenvalue weighted by molar-refractivity contribution is 6.36. The molecule has 0 aromatic heterocycles. The summed E-state index contributed by atoms with van der Waals surface area (Å²) in [6.07, 6.45) is 0.289. The van der Waals surface area contributed by atoms with E-state index in [-0.39, 0.29) is 12.8 Å². The Labute approximate surface area is 130 Å². The number of carbonyl (C=O) groups excluding carboxylic acids is 1. The number of hydrogen-bond donors (Lipinski definition) is 1. The number of amides is 1. The summed E-state index contributed by atoms with van der Waals surface area (Å²) in [4.78, 5) is 11.8. The topological polar surface area (TPSA) is 29.1 Å². The molecule has 1 N–H and O–H groups in total. The molecule has 2 nitrogen and oxygen atoms in total. The van der Waals surface area contributed by atoms with Crippen LogP contribution in [-0.2, 0) is 11.2 Å². The Hall–Kier alpha value is -1.65. The molecule has 110 valence electrons. The number of benzene rings is 2. The predicted octanol–water partition coefficient (Wildman–Crippen LogP) is 4.84. The highest BCUT2D eigenvalue weighted by Crippen LogP contribution is 2.26. The first-order chi connectivity index (χ1) is 9.99. The van der Waals surface area contributed by atoms with Crippen LogP contribution in [-0.4, -0.2) is 5.91 Å². The fourth-order valence-electron chi connectivity index (χ4n) is 1.83. The first-order valence-corrected chi connectivity index (χ1v) is 6.91. The maximum absolute atomic E-state index is 13.4. The van der Waals surface area contributed by atoms with Gasteiger partial charge in [-0.15, -0.1) is 0 Å². The summed E-state index contributed by atoms with van der Waals surface area (Å²) >= 11 is 12.0. The zero-order chi connectivity index (χ0) is 15.4. The standard InChI is InChI=1S/C15H11Cl2F2NO/c16-10-3-1-4-11(17)9(10)7-8-14(21)20-15-12(18)5-2-6-13(15)19/h1-6H,7-8H2,(H,20,21). The lowest BCUT2D eigenvalue weighted by Gasteiger charge is -2.09. The first kappa shape index (κ1) is 15.7. The normalized spacial score (nSPS) is 10.5. The lowest BCUT2D eigenvalue weighted by atomic mass is 10.1. The molecule has 0 saturated heterocycles. The van der Waals surface area contributed by atoms with Gasteiger partial charge in [0.1, 0.15) is 17.3 Å². The van der Waals surface area contributed by atoms with Gasteiger partial charge in [0.2, 0.25) is 5.91 Å². The second-order valence-corrected chi connectivity index (χ2v) is 5.16. The van der Waals surface area contributed by atoms with Crippen molar-refractivity contribution in [2.24, 2.45) is 0 Å². The molecule has 0 fully saturated rings. The molecule has 0 atom stereocenters. The van der Waals surface area contributed by atoms with Crippen molar-refractivity contribution in [2.45, 2.75) is 12.8 Å². The van der Waals surface area contributed by atoms with Crippen molar-refractivity contribution in [3.05, 3.63) is 63.6 Å². The molecule has 0 aliphatic rings. The second-order valence-electron chi connectivity index (χ2n) is 4.35. The van der Waals surface area contributed by atoms with Crippen LogP contribution < -0.4 is 5.32 Å². The third kappa shape index (κ3) is 3.93. The monoisotopic (exact) mass is 329 g/mol. The number of hydrogen-bond acceptors (Lipinski definition) is 1. The van der Waals surface area contributed by atoms with Crippen LogP contribution in [0, 0.1) is 11.6 Å². The number of para-hydroxylation sites is 1. The summed E-state index contributed by atoms with van der Waals surface area (Å²) in [6.45, 7) is 0. The summed E-state index contributed by atoms with van der Waals surface area (Å²) in [5.74, 6) is -2.16. The van der Waals surface area contributed by atoms with E-state index in [4.69, 9.17) is 23.2 Å². The fourth-order valence-corrected chi connectivity index (χ4v) is 2.42. The molecule has 0 spiro atoms. The molecular formula is C15H11Cl2F2NO. The predicted molar refractivity (Wildman–Crippen MR) is 79.8 cm³/mol. The largest absolute Gasteiger partial charge is 0.321 e. The van der Waals surface area contributed by atoms with E-state index in [2.05, 4.69) is 5.32 Å². The Morgan fingerprint density at radius 1 is 1.00 bits per heavy atom. The lowest BCUT2D eigenvalue weighted by Crippen LogP contribution is -2.14. The molecule has 0 bridgehead atoms. The van der Waals surface area contributed by atoms with E-state index >= 15 is 0 Å². The van der Waals surface area contributed by atoms with Crippen molar-refractivity contribution in [1.29, 1.82) is 0 Å². The average molecular weight is 330 g/mol. The third-order valence-electron chi connectivity index (χ3n) is 2.89. The maximum Gasteiger partial charge on any atom is 0.224 e. The molecule has 21 heavy (non-hydrogen) atoms. The summed E-state index contributed by atoms with van der Waals surface area (Å²) < 4.78 is 26.8. The van der Waals surface area contributed by atoms with Crippen LogP contribution in [0.25, 0.3) is 0 Å². The van der Waals surface area contributed by atoms with E-state index in [0.717, 1.165) is 12.1 Å². The molecule has 0 saturated carbocycles. The highest BCUT2D eigenvalue weighted by atomic mass is 35.5. The minimum atomic E-state index is -0.820. The number of nitrogens with one attached hydrogen (secondary N) is 1. The molecule has 2 rings (SSSR count). The molecule has 0 aliphatic carbocycles. The highest BCUT2D eigenvalue weighted by Gasteiger charge is 2.13. The molecule has 2 aromatic carbocycles. The molecule has 1 amide bonds. The fraction of sp³-hybridized carbons (Fsp3) is 0.133. The Bertz CT molecular complexity index is 636. The molecule has 6 heteroatoms. The van der Waals surface area contributed by atoms with Gasteiger partial charge in [-0.3, -0.25) is 4.79 Å². The zero-order valence-corrected chi connectivity index (χ0v) is 12.3. The SMILES string of the molecule is O=C(CCc1c(Cl)cccc1Cl)Nc1c(F)cccc1F. The maximum atomic E-state index is 13.4. The molecule has 0 aliphatic heterocycles. The van der Waals surface area contributed by atoms with Gasteiger partial charge in [0.15, 0.2) is 0 Å². The van der Waals surface area contributed by atoms with E-state index in [9.17, 15) is 13.6 Å². The van der Waals surface area contributed by atoms with Gasteiger partial charge in [-0.1, -0.05) is 35.3 Å². The van der Waals surface area contributed by atoms with Crippen LogP contribution in [0.15, 0.2) is 36.4 Å². The van der Waals surface area contributed by atoms with Crippen molar-refractivity contribution in [1.82, 2.24) is 0 Å². The minimum Gasteiger partial charge on any atom is -0.321 e. The second kappa shape index (κ2) is 6.87. The number of carbonyl (C=O) groups is 1. The Morgan fingerprint density at radius 2 is 1.52 bits per heavy atom. The smallest absolute Gasteiger partial charge is 0.224 e. The molecule has 0 unspecified atom stereocenters. The van der Waals surface area contributed by atoms with Crippen molar-refractivity contribution in [3.8, 4) is 0 Å². The Kier molecular flexibility index (Phi) is 5.15. The summed E-state index contributed by atoms with van der Waals surface area (Å²) in [7, 11) is 0. The van der Waals surface area contributed by atoms with Crippen LogP contribution in [0.3, 0.4) is 0 Å². The van der Waals surface area contributed by atoms with E-state index in [1.807, 2.05) is 0 Å². The van der Waals surface area contributed by atoms with Gasteiger partial charge in [0, 0.05) is 16.5 Å². The molecule has 0 heterocycles. The Morgan fingerprint density at radius 3 is 2.10 bits per heavy atom. The van der Waals surface area contributed by atoms with Crippen LogP contribution in [0.5, 0.6) is 0 Å². The zero-order valence-electron chi connectivity index (χ0n) is 10.8. The van der Waals surface area contributed by atoms with E-state index in [1.165, 1.54) is 6.07 Å². The molecule has 0 radical (unpaired) electrons. The van der Waals surface area contributed by atoms with Gasteiger partial charge in [-0.05, 0) is 36.2 Å². The third-order valence-corrected chi connectivity index (χ3v) is 3.60. The molecular weight excluding hydrogens is 319 g/mol. The number of anilines is 1. The summed E-state index contributed by atoms with van der Waals surface area (Å²) in [5, 5.41) is 3.12. The van der Waals surface area contributed by atoms with E-state index in [1.54, 1.807) is 18.2 Å².